The highest BCUT2D eigenvalue weighted by Gasteiger charge is 2.23. The van der Waals surface area contributed by atoms with Gasteiger partial charge in [0.1, 0.15) is 5.82 Å². The SMILES string of the molecule is CN1CCN(C(=O)c2ccc(-c3ccccc3)nc2NCCc2ccccn2)CC1. The van der Waals surface area contributed by atoms with Crippen molar-refractivity contribution in [2.75, 3.05) is 45.1 Å². The molecule has 3 heterocycles. The molecule has 30 heavy (non-hydrogen) atoms. The normalized spacial score (nSPS) is 14.5. The maximum Gasteiger partial charge on any atom is 0.257 e. The van der Waals surface area contributed by atoms with Crippen molar-refractivity contribution < 1.29 is 4.79 Å². The van der Waals surface area contributed by atoms with Crippen molar-refractivity contribution in [1.29, 1.82) is 0 Å². The monoisotopic (exact) mass is 401 g/mol. The number of hydrogen-bond donors (Lipinski definition) is 1. The Balaban J connectivity index is 1.57. The number of nitrogens with one attached hydrogen (secondary N) is 1. The van der Waals surface area contributed by atoms with E-state index in [2.05, 4.69) is 22.2 Å². The minimum absolute atomic E-state index is 0.0375. The number of benzene rings is 1. The van der Waals surface area contributed by atoms with E-state index in [0.717, 1.165) is 49.6 Å². The van der Waals surface area contributed by atoms with E-state index in [9.17, 15) is 4.79 Å². The van der Waals surface area contributed by atoms with Gasteiger partial charge in [-0.2, -0.15) is 0 Å². The molecular weight excluding hydrogens is 374 g/mol. The first-order chi connectivity index (χ1) is 14.7. The van der Waals surface area contributed by atoms with E-state index in [-0.39, 0.29) is 5.91 Å². The summed E-state index contributed by atoms with van der Waals surface area (Å²) in [6.07, 6.45) is 2.56. The number of hydrogen-bond acceptors (Lipinski definition) is 5. The first kappa shape index (κ1) is 20.0. The average Bonchev–Trinajstić information content (AvgIpc) is 2.80. The first-order valence-electron chi connectivity index (χ1n) is 10.4. The lowest BCUT2D eigenvalue weighted by atomic mass is 10.1. The van der Waals surface area contributed by atoms with Gasteiger partial charge in [0.2, 0.25) is 0 Å². The van der Waals surface area contributed by atoms with Crippen molar-refractivity contribution >= 4 is 11.7 Å². The number of likely N-dealkylation sites (N-methyl/N-ethyl adjacent to an activating group) is 1. The zero-order chi connectivity index (χ0) is 20.8. The average molecular weight is 402 g/mol. The lowest BCUT2D eigenvalue weighted by molar-refractivity contribution is 0.0664. The van der Waals surface area contributed by atoms with Gasteiger partial charge < -0.3 is 15.1 Å². The molecule has 1 saturated heterocycles. The number of pyridine rings is 2. The van der Waals surface area contributed by atoms with Crippen LogP contribution in [0.15, 0.2) is 66.9 Å². The van der Waals surface area contributed by atoms with Crippen LogP contribution < -0.4 is 5.32 Å². The van der Waals surface area contributed by atoms with Crippen LogP contribution >= 0.6 is 0 Å². The van der Waals surface area contributed by atoms with Crippen LogP contribution in [0, 0.1) is 0 Å². The smallest absolute Gasteiger partial charge is 0.257 e. The van der Waals surface area contributed by atoms with Crippen molar-refractivity contribution in [3.63, 3.8) is 0 Å². The molecule has 1 aromatic carbocycles. The third kappa shape index (κ3) is 4.83. The fraction of sp³-hybridized carbons (Fsp3) is 0.292. The quantitative estimate of drug-likeness (QED) is 0.687. The summed E-state index contributed by atoms with van der Waals surface area (Å²) in [6.45, 7) is 3.92. The summed E-state index contributed by atoms with van der Waals surface area (Å²) in [5, 5.41) is 3.39. The Morgan fingerprint density at radius 1 is 0.967 bits per heavy atom. The molecule has 4 rings (SSSR count). The number of nitrogens with zero attached hydrogens (tertiary/aromatic N) is 4. The number of rotatable bonds is 6. The molecule has 0 spiro atoms. The molecule has 0 radical (unpaired) electrons. The van der Waals surface area contributed by atoms with Crippen LogP contribution in [-0.4, -0.2) is 65.4 Å². The molecule has 0 atom stereocenters. The van der Waals surface area contributed by atoms with Crippen LogP contribution in [0.25, 0.3) is 11.3 Å². The van der Waals surface area contributed by atoms with E-state index in [0.29, 0.717) is 17.9 Å². The number of amides is 1. The molecule has 0 bridgehead atoms. The number of aromatic nitrogens is 2. The molecule has 1 aliphatic rings. The predicted octanol–water partition coefficient (Wildman–Crippen LogP) is 3.19. The molecule has 1 aliphatic heterocycles. The molecule has 0 saturated carbocycles. The van der Waals surface area contributed by atoms with E-state index < -0.39 is 0 Å². The van der Waals surface area contributed by atoms with Gasteiger partial charge in [0.15, 0.2) is 0 Å². The van der Waals surface area contributed by atoms with E-state index in [1.807, 2.05) is 65.6 Å². The molecule has 0 aliphatic carbocycles. The summed E-state index contributed by atoms with van der Waals surface area (Å²) in [5.41, 5.74) is 3.52. The van der Waals surface area contributed by atoms with E-state index in [1.54, 1.807) is 6.20 Å². The van der Waals surface area contributed by atoms with Crippen molar-refractivity contribution in [2.45, 2.75) is 6.42 Å². The van der Waals surface area contributed by atoms with E-state index in [1.165, 1.54) is 0 Å². The van der Waals surface area contributed by atoms with Gasteiger partial charge in [0.25, 0.3) is 5.91 Å². The summed E-state index contributed by atoms with van der Waals surface area (Å²) in [7, 11) is 2.09. The van der Waals surface area contributed by atoms with Crippen LogP contribution in [0.4, 0.5) is 5.82 Å². The second-order valence-corrected chi connectivity index (χ2v) is 7.55. The highest BCUT2D eigenvalue weighted by atomic mass is 16.2. The molecule has 0 unspecified atom stereocenters. The van der Waals surface area contributed by atoms with Crippen LogP contribution in [0.2, 0.25) is 0 Å². The molecular formula is C24H27N5O. The summed E-state index contributed by atoms with van der Waals surface area (Å²) < 4.78 is 0. The Morgan fingerprint density at radius 2 is 1.73 bits per heavy atom. The van der Waals surface area contributed by atoms with Crippen molar-refractivity contribution in [3.8, 4) is 11.3 Å². The summed E-state index contributed by atoms with van der Waals surface area (Å²) in [6, 6.07) is 19.8. The van der Waals surface area contributed by atoms with Crippen LogP contribution in [0.5, 0.6) is 0 Å². The molecule has 154 valence electrons. The summed E-state index contributed by atoms with van der Waals surface area (Å²) >= 11 is 0. The van der Waals surface area contributed by atoms with Crippen LogP contribution in [0.3, 0.4) is 0 Å². The minimum atomic E-state index is 0.0375. The number of carbonyl (C=O) groups excluding carboxylic acids is 1. The topological polar surface area (TPSA) is 61.4 Å². The molecule has 1 N–H and O–H groups in total. The van der Waals surface area contributed by atoms with Crippen LogP contribution in [-0.2, 0) is 6.42 Å². The minimum Gasteiger partial charge on any atom is -0.369 e. The van der Waals surface area contributed by atoms with Gasteiger partial charge in [-0.05, 0) is 31.3 Å². The Bertz CT molecular complexity index is 969. The molecule has 6 nitrogen and oxygen atoms in total. The Kier molecular flexibility index (Phi) is 6.35. The largest absolute Gasteiger partial charge is 0.369 e. The summed E-state index contributed by atoms with van der Waals surface area (Å²) in [5.74, 6) is 0.673. The maximum absolute atomic E-state index is 13.2. The number of piperazine rings is 1. The molecule has 2 aromatic heterocycles. The van der Waals surface area contributed by atoms with E-state index in [4.69, 9.17) is 4.98 Å². The lowest BCUT2D eigenvalue weighted by Gasteiger charge is -2.32. The highest BCUT2D eigenvalue weighted by molar-refractivity contribution is 5.99. The van der Waals surface area contributed by atoms with Gasteiger partial charge in [-0.15, -0.1) is 0 Å². The molecule has 1 fully saturated rings. The van der Waals surface area contributed by atoms with Crippen molar-refractivity contribution in [2.24, 2.45) is 0 Å². The zero-order valence-corrected chi connectivity index (χ0v) is 17.3. The third-order valence-corrected chi connectivity index (χ3v) is 5.39. The van der Waals surface area contributed by atoms with Gasteiger partial charge in [-0.25, -0.2) is 4.98 Å². The standard InChI is InChI=1S/C24H27N5O/c1-28-15-17-29(18-16-28)24(30)21-10-11-22(19-7-3-2-4-8-19)27-23(21)26-14-12-20-9-5-6-13-25-20/h2-11,13H,12,14-18H2,1H3,(H,26,27). The Labute approximate surface area is 177 Å². The van der Waals surface area contributed by atoms with Gasteiger partial charge in [0, 0.05) is 56.6 Å². The summed E-state index contributed by atoms with van der Waals surface area (Å²) in [4.78, 5) is 26.6. The fourth-order valence-corrected chi connectivity index (χ4v) is 3.57. The maximum atomic E-state index is 13.2. The molecule has 3 aromatic rings. The number of anilines is 1. The second-order valence-electron chi connectivity index (χ2n) is 7.55. The third-order valence-electron chi connectivity index (χ3n) is 5.39. The van der Waals surface area contributed by atoms with Gasteiger partial charge in [0.05, 0.1) is 11.3 Å². The Hall–Kier alpha value is -3.25. The van der Waals surface area contributed by atoms with Gasteiger partial charge >= 0.3 is 0 Å². The Morgan fingerprint density at radius 3 is 2.47 bits per heavy atom. The predicted molar refractivity (Wildman–Crippen MR) is 120 cm³/mol. The molecule has 6 heteroatoms. The number of carbonyl (C=O) groups is 1. The van der Waals surface area contributed by atoms with Crippen LogP contribution in [0.1, 0.15) is 16.1 Å². The van der Waals surface area contributed by atoms with E-state index >= 15 is 0 Å². The molecule has 1 amide bonds. The van der Waals surface area contributed by atoms with Gasteiger partial charge in [-0.1, -0.05) is 36.4 Å². The highest BCUT2D eigenvalue weighted by Crippen LogP contribution is 2.23. The zero-order valence-electron chi connectivity index (χ0n) is 17.3. The fourth-order valence-electron chi connectivity index (χ4n) is 3.57. The lowest BCUT2D eigenvalue weighted by Crippen LogP contribution is -2.47. The van der Waals surface area contributed by atoms with Gasteiger partial charge in [-0.3, -0.25) is 9.78 Å². The second kappa shape index (κ2) is 9.50. The van der Waals surface area contributed by atoms with Crippen molar-refractivity contribution in [1.82, 2.24) is 19.8 Å². The first-order valence-corrected chi connectivity index (χ1v) is 10.4. The van der Waals surface area contributed by atoms with Crippen molar-refractivity contribution in [3.05, 3.63) is 78.1 Å².